The van der Waals surface area contributed by atoms with Crippen LogP contribution in [0.25, 0.3) is 0 Å². The highest BCUT2D eigenvalue weighted by Gasteiger charge is 2.17. The van der Waals surface area contributed by atoms with Crippen molar-refractivity contribution >= 4 is 19.2 Å². The summed E-state index contributed by atoms with van der Waals surface area (Å²) in [4.78, 5) is 11.1. The number of carbonyl (C=O) groups excluding carboxylic acids is 1. The topological polar surface area (TPSA) is 38.3 Å². The first-order chi connectivity index (χ1) is 7.25. The van der Waals surface area contributed by atoms with E-state index in [1.807, 2.05) is 24.3 Å². The van der Waals surface area contributed by atoms with Gasteiger partial charge in [-0.05, 0) is 5.56 Å². The summed E-state index contributed by atoms with van der Waals surface area (Å²) in [5, 5.41) is 2.81. The molecule has 0 saturated carbocycles. The van der Waals surface area contributed by atoms with E-state index in [1.165, 1.54) is 0 Å². The van der Waals surface area contributed by atoms with Gasteiger partial charge in [0.05, 0.1) is 6.61 Å². The van der Waals surface area contributed by atoms with Crippen LogP contribution in [-0.2, 0) is 9.53 Å². The molecule has 1 aliphatic heterocycles. The molecule has 1 aromatic rings. The molecule has 76 valence electrons. The fourth-order valence-corrected chi connectivity index (χ4v) is 1.62. The molecule has 15 heavy (non-hydrogen) atoms. The van der Waals surface area contributed by atoms with Crippen LogP contribution >= 0.6 is 0 Å². The lowest BCUT2D eigenvalue weighted by atomic mass is 9.92. The fourth-order valence-electron chi connectivity index (χ4n) is 1.62. The predicted octanol–water partition coefficient (Wildman–Crippen LogP) is -0.290. The molecule has 0 bridgehead atoms. The molecule has 3 nitrogen and oxygen atoms in total. The minimum Gasteiger partial charge on any atom is -0.371 e. The maximum Gasteiger partial charge on any atom is 0.246 e. The molecule has 4 heteroatoms. The molecular weight excluding hydrogens is 189 g/mol. The molecule has 1 amide bonds. The summed E-state index contributed by atoms with van der Waals surface area (Å²) in [5.74, 6) is 0.171. The van der Waals surface area contributed by atoms with Crippen molar-refractivity contribution in [3.63, 3.8) is 0 Å². The highest BCUT2D eigenvalue weighted by Crippen LogP contribution is 2.15. The van der Waals surface area contributed by atoms with Gasteiger partial charge < -0.3 is 10.1 Å². The number of rotatable bonds is 1. The van der Waals surface area contributed by atoms with Crippen molar-refractivity contribution in [2.45, 2.75) is 5.92 Å². The van der Waals surface area contributed by atoms with Crippen molar-refractivity contribution in [3.8, 4) is 0 Å². The largest absolute Gasteiger partial charge is 0.371 e. The molecule has 0 aliphatic carbocycles. The van der Waals surface area contributed by atoms with E-state index in [4.69, 9.17) is 12.6 Å². The van der Waals surface area contributed by atoms with Gasteiger partial charge in [0.25, 0.3) is 0 Å². The third-order valence-corrected chi connectivity index (χ3v) is 2.51. The van der Waals surface area contributed by atoms with Gasteiger partial charge >= 0.3 is 0 Å². The quantitative estimate of drug-likeness (QED) is 0.634. The Hall–Kier alpha value is -1.29. The Kier molecular flexibility index (Phi) is 3.06. The zero-order valence-corrected chi connectivity index (χ0v) is 8.40. The van der Waals surface area contributed by atoms with Crippen LogP contribution in [0, 0.1) is 0 Å². The van der Waals surface area contributed by atoms with Crippen molar-refractivity contribution in [2.24, 2.45) is 0 Å². The van der Waals surface area contributed by atoms with Crippen molar-refractivity contribution in [2.75, 3.05) is 19.8 Å². The normalized spacial score (nSPS) is 21.9. The molecule has 1 N–H and O–H groups in total. The molecule has 1 heterocycles. The summed E-state index contributed by atoms with van der Waals surface area (Å²) in [6.07, 6.45) is 0. The first-order valence-corrected chi connectivity index (χ1v) is 4.95. The number of benzene rings is 1. The Labute approximate surface area is 90.2 Å². The molecule has 1 fully saturated rings. The van der Waals surface area contributed by atoms with Crippen molar-refractivity contribution in [1.29, 1.82) is 0 Å². The standard InChI is InChI=1S/C11H12BNO2/c12-10-3-1-8(2-4-10)9-5-13-11(14)7-15-6-9/h1-4,9H,5-7H2,(H,13,14)/t9-/m0/s1. The van der Waals surface area contributed by atoms with Gasteiger partial charge in [-0.1, -0.05) is 29.7 Å². The van der Waals surface area contributed by atoms with Gasteiger partial charge in [0.1, 0.15) is 14.5 Å². The Balaban J connectivity index is 2.09. The Morgan fingerprint density at radius 3 is 2.80 bits per heavy atom. The van der Waals surface area contributed by atoms with Crippen molar-refractivity contribution in [3.05, 3.63) is 29.8 Å². The fraction of sp³-hybridized carbons (Fsp3) is 0.364. The van der Waals surface area contributed by atoms with Crippen LogP contribution in [0.3, 0.4) is 0 Å². The Morgan fingerprint density at radius 2 is 2.07 bits per heavy atom. The lowest BCUT2D eigenvalue weighted by molar-refractivity contribution is -0.124. The van der Waals surface area contributed by atoms with Crippen LogP contribution in [0.2, 0.25) is 0 Å². The van der Waals surface area contributed by atoms with Crippen molar-refractivity contribution < 1.29 is 9.53 Å². The van der Waals surface area contributed by atoms with E-state index >= 15 is 0 Å². The summed E-state index contributed by atoms with van der Waals surface area (Å²) >= 11 is 0. The number of hydrogen-bond acceptors (Lipinski definition) is 2. The van der Waals surface area contributed by atoms with Gasteiger partial charge in [0.15, 0.2) is 0 Å². The smallest absolute Gasteiger partial charge is 0.246 e. The van der Waals surface area contributed by atoms with E-state index in [1.54, 1.807) is 0 Å². The van der Waals surface area contributed by atoms with Gasteiger partial charge in [-0.25, -0.2) is 0 Å². The van der Waals surface area contributed by atoms with Crippen LogP contribution in [-0.4, -0.2) is 33.5 Å². The number of carbonyl (C=O) groups is 1. The van der Waals surface area contributed by atoms with Crippen LogP contribution in [0.4, 0.5) is 0 Å². The SMILES string of the molecule is [B]c1ccc([C@H]2CNC(=O)COC2)cc1. The zero-order chi connectivity index (χ0) is 10.7. The maximum atomic E-state index is 11.1. The molecule has 2 rings (SSSR count). The zero-order valence-electron chi connectivity index (χ0n) is 8.40. The first-order valence-electron chi connectivity index (χ1n) is 4.95. The molecule has 1 aliphatic rings. The van der Waals surface area contributed by atoms with E-state index in [0.29, 0.717) is 13.2 Å². The van der Waals surface area contributed by atoms with Crippen LogP contribution in [0.1, 0.15) is 11.5 Å². The molecule has 0 spiro atoms. The average molecular weight is 201 g/mol. The maximum absolute atomic E-state index is 11.1. The summed E-state index contributed by atoms with van der Waals surface area (Å²) in [5.41, 5.74) is 1.89. The lowest BCUT2D eigenvalue weighted by Crippen LogP contribution is -2.27. The molecule has 0 unspecified atom stereocenters. The first kappa shape index (κ1) is 10.2. The monoisotopic (exact) mass is 201 g/mol. The second-order valence-electron chi connectivity index (χ2n) is 3.68. The van der Waals surface area contributed by atoms with Gasteiger partial charge in [0, 0.05) is 12.5 Å². The van der Waals surface area contributed by atoms with Crippen LogP contribution < -0.4 is 10.8 Å². The van der Waals surface area contributed by atoms with Gasteiger partial charge in [0.2, 0.25) is 5.91 Å². The highest BCUT2D eigenvalue weighted by molar-refractivity contribution is 6.32. The highest BCUT2D eigenvalue weighted by atomic mass is 16.5. The van der Waals surface area contributed by atoms with Gasteiger partial charge in [-0.3, -0.25) is 4.79 Å². The molecular formula is C11H12BNO2. The van der Waals surface area contributed by atoms with Gasteiger partial charge in [-0.15, -0.1) is 0 Å². The van der Waals surface area contributed by atoms with Crippen LogP contribution in [0.5, 0.6) is 0 Å². The Bertz CT molecular complexity index is 350. The number of amides is 1. The number of ether oxygens (including phenoxy) is 1. The van der Waals surface area contributed by atoms with Crippen LogP contribution in [0.15, 0.2) is 24.3 Å². The van der Waals surface area contributed by atoms with E-state index in [-0.39, 0.29) is 18.4 Å². The minimum atomic E-state index is -0.0482. The summed E-state index contributed by atoms with van der Waals surface area (Å²) in [6, 6.07) is 7.67. The Morgan fingerprint density at radius 1 is 1.33 bits per heavy atom. The van der Waals surface area contributed by atoms with E-state index in [0.717, 1.165) is 11.0 Å². The second kappa shape index (κ2) is 4.49. The molecule has 2 radical (unpaired) electrons. The molecule has 1 saturated heterocycles. The summed E-state index contributed by atoms with van der Waals surface area (Å²) in [7, 11) is 5.61. The number of nitrogens with one attached hydrogen (secondary N) is 1. The second-order valence-corrected chi connectivity index (χ2v) is 3.68. The van der Waals surface area contributed by atoms with E-state index < -0.39 is 0 Å². The summed E-state index contributed by atoms with van der Waals surface area (Å²) < 4.78 is 5.26. The van der Waals surface area contributed by atoms with E-state index in [2.05, 4.69) is 5.32 Å². The predicted molar refractivity (Wildman–Crippen MR) is 58.4 cm³/mol. The third-order valence-electron chi connectivity index (χ3n) is 2.51. The van der Waals surface area contributed by atoms with Gasteiger partial charge in [-0.2, -0.15) is 0 Å². The van der Waals surface area contributed by atoms with Crippen molar-refractivity contribution in [1.82, 2.24) is 5.32 Å². The summed E-state index contributed by atoms with van der Waals surface area (Å²) in [6.45, 7) is 1.36. The molecule has 0 aromatic heterocycles. The minimum absolute atomic E-state index is 0.0482. The molecule has 1 aromatic carbocycles. The third kappa shape index (κ3) is 2.60. The lowest BCUT2D eigenvalue weighted by Gasteiger charge is -2.13. The van der Waals surface area contributed by atoms with E-state index in [9.17, 15) is 4.79 Å². The average Bonchev–Trinajstić information content (AvgIpc) is 2.44. The number of hydrogen-bond donors (Lipinski definition) is 1. The molecule has 1 atom stereocenters.